The maximum absolute atomic E-state index is 13.2. The monoisotopic (exact) mass is 349 g/mol. The molecule has 0 bridgehead atoms. The zero-order valence-corrected chi connectivity index (χ0v) is 13.9. The van der Waals surface area contributed by atoms with Gasteiger partial charge in [-0.25, -0.2) is 4.39 Å². The van der Waals surface area contributed by atoms with Gasteiger partial charge < -0.3 is 5.32 Å². The summed E-state index contributed by atoms with van der Waals surface area (Å²) in [6, 6.07) is 15.4. The first-order valence-electron chi connectivity index (χ1n) is 7.47. The van der Waals surface area contributed by atoms with Crippen LogP contribution in [0.25, 0.3) is 0 Å². The van der Waals surface area contributed by atoms with Crippen molar-refractivity contribution >= 4 is 21.6 Å². The first kappa shape index (κ1) is 16.0. The molecule has 2 aromatic carbocycles. The van der Waals surface area contributed by atoms with Gasteiger partial charge in [0.05, 0.1) is 6.04 Å². The van der Waals surface area contributed by atoms with Gasteiger partial charge in [0.15, 0.2) is 0 Å². The second-order valence-electron chi connectivity index (χ2n) is 5.23. The number of hydrogen-bond donors (Lipinski definition) is 1. The molecule has 0 saturated heterocycles. The molecule has 0 aliphatic carbocycles. The number of halogens is 2. The molecular weight excluding hydrogens is 329 g/mol. The van der Waals surface area contributed by atoms with Crippen LogP contribution < -0.4 is 5.32 Å². The molecule has 2 aromatic rings. The minimum atomic E-state index is -0.227. The molecule has 1 nitrogen and oxygen atoms in total. The van der Waals surface area contributed by atoms with Gasteiger partial charge in [-0.3, -0.25) is 0 Å². The molecule has 0 spiro atoms. The second kappa shape index (κ2) is 8.18. The molecule has 0 saturated carbocycles. The molecule has 0 aromatic heterocycles. The largest absolute Gasteiger partial charge is 0.377 e. The predicted octanol–water partition coefficient (Wildman–Crippen LogP) is 6.32. The van der Waals surface area contributed by atoms with Gasteiger partial charge in [-0.05, 0) is 46.1 Å². The molecule has 0 aliphatic heterocycles. The topological polar surface area (TPSA) is 12.0 Å². The Morgan fingerprint density at radius 1 is 1.10 bits per heavy atom. The SMILES string of the molecule is CCCCCC(Nc1ccc(F)cc1Br)c1ccccc1. The standard InChI is InChI=1S/C18H21BrFN/c1-2-3-5-10-17(14-8-6-4-7-9-14)21-18-12-11-15(20)13-16(18)19/h4,6-9,11-13,17,21H,2-3,5,10H2,1H3. The number of rotatable bonds is 7. The summed E-state index contributed by atoms with van der Waals surface area (Å²) in [5, 5.41) is 3.54. The van der Waals surface area contributed by atoms with E-state index in [0.717, 1.165) is 16.6 Å². The van der Waals surface area contributed by atoms with Gasteiger partial charge in [0.2, 0.25) is 0 Å². The van der Waals surface area contributed by atoms with Gasteiger partial charge >= 0.3 is 0 Å². The molecule has 0 fully saturated rings. The average Bonchev–Trinajstić information content (AvgIpc) is 2.49. The van der Waals surface area contributed by atoms with Crippen molar-refractivity contribution in [1.29, 1.82) is 0 Å². The third kappa shape index (κ3) is 4.85. The Bertz CT molecular complexity index is 556. The smallest absolute Gasteiger partial charge is 0.124 e. The Kier molecular flexibility index (Phi) is 6.24. The van der Waals surface area contributed by atoms with Crippen LogP contribution in [-0.4, -0.2) is 0 Å². The summed E-state index contributed by atoms with van der Waals surface area (Å²) in [4.78, 5) is 0. The van der Waals surface area contributed by atoms with E-state index in [4.69, 9.17) is 0 Å². The summed E-state index contributed by atoms with van der Waals surface area (Å²) in [5.41, 5.74) is 2.20. The Hall–Kier alpha value is -1.35. The van der Waals surface area contributed by atoms with E-state index in [1.165, 1.54) is 37.0 Å². The van der Waals surface area contributed by atoms with Gasteiger partial charge in [-0.1, -0.05) is 56.5 Å². The van der Waals surface area contributed by atoms with Crippen LogP contribution in [0.5, 0.6) is 0 Å². The predicted molar refractivity (Wildman–Crippen MR) is 91.0 cm³/mol. The van der Waals surface area contributed by atoms with E-state index >= 15 is 0 Å². The molecule has 112 valence electrons. The highest BCUT2D eigenvalue weighted by Gasteiger charge is 2.12. The summed E-state index contributed by atoms with van der Waals surface area (Å²) in [6.45, 7) is 2.21. The Morgan fingerprint density at radius 2 is 1.86 bits per heavy atom. The van der Waals surface area contributed by atoms with Crippen molar-refractivity contribution < 1.29 is 4.39 Å². The molecule has 1 unspecified atom stereocenters. The van der Waals surface area contributed by atoms with Crippen molar-refractivity contribution in [1.82, 2.24) is 0 Å². The Morgan fingerprint density at radius 3 is 2.52 bits per heavy atom. The van der Waals surface area contributed by atoms with Gasteiger partial charge in [-0.15, -0.1) is 0 Å². The molecule has 1 N–H and O–H groups in total. The van der Waals surface area contributed by atoms with Gasteiger partial charge in [0.1, 0.15) is 5.82 Å². The highest BCUT2D eigenvalue weighted by molar-refractivity contribution is 9.10. The third-order valence-corrected chi connectivity index (χ3v) is 4.22. The van der Waals surface area contributed by atoms with E-state index in [9.17, 15) is 4.39 Å². The summed E-state index contributed by atoms with van der Waals surface area (Å²) >= 11 is 3.43. The maximum atomic E-state index is 13.2. The molecule has 1 atom stereocenters. The fourth-order valence-corrected chi connectivity index (χ4v) is 2.87. The lowest BCUT2D eigenvalue weighted by atomic mass is 10.00. The van der Waals surface area contributed by atoms with Crippen molar-refractivity contribution in [3.8, 4) is 0 Å². The van der Waals surface area contributed by atoms with Crippen LogP contribution >= 0.6 is 15.9 Å². The van der Waals surface area contributed by atoms with E-state index in [1.54, 1.807) is 6.07 Å². The van der Waals surface area contributed by atoms with Crippen molar-refractivity contribution in [3.63, 3.8) is 0 Å². The van der Waals surface area contributed by atoms with Crippen molar-refractivity contribution in [3.05, 3.63) is 64.4 Å². The lowest BCUT2D eigenvalue weighted by molar-refractivity contribution is 0.605. The summed E-state index contributed by atoms with van der Waals surface area (Å²) < 4.78 is 14.0. The maximum Gasteiger partial charge on any atom is 0.124 e. The Labute approximate surface area is 134 Å². The number of anilines is 1. The first-order chi connectivity index (χ1) is 10.2. The van der Waals surface area contributed by atoms with E-state index in [1.807, 2.05) is 6.07 Å². The fraction of sp³-hybridized carbons (Fsp3) is 0.333. The molecule has 0 heterocycles. The van der Waals surface area contributed by atoms with Crippen molar-refractivity contribution in [2.45, 2.75) is 38.6 Å². The van der Waals surface area contributed by atoms with Gasteiger partial charge in [-0.2, -0.15) is 0 Å². The minimum Gasteiger partial charge on any atom is -0.377 e. The fourth-order valence-electron chi connectivity index (χ4n) is 2.40. The average molecular weight is 350 g/mol. The lowest BCUT2D eigenvalue weighted by Crippen LogP contribution is -2.11. The van der Waals surface area contributed by atoms with E-state index < -0.39 is 0 Å². The van der Waals surface area contributed by atoms with Crippen LogP contribution in [0.3, 0.4) is 0 Å². The van der Waals surface area contributed by atoms with E-state index in [-0.39, 0.29) is 11.9 Å². The van der Waals surface area contributed by atoms with Crippen molar-refractivity contribution in [2.24, 2.45) is 0 Å². The second-order valence-corrected chi connectivity index (χ2v) is 6.08. The highest BCUT2D eigenvalue weighted by Crippen LogP contribution is 2.30. The summed E-state index contributed by atoms with van der Waals surface area (Å²) in [7, 11) is 0. The Balaban J connectivity index is 2.15. The third-order valence-electron chi connectivity index (χ3n) is 3.56. The highest BCUT2D eigenvalue weighted by atomic mass is 79.9. The van der Waals surface area contributed by atoms with Crippen LogP contribution in [0.4, 0.5) is 10.1 Å². The van der Waals surface area contributed by atoms with Crippen molar-refractivity contribution in [2.75, 3.05) is 5.32 Å². The zero-order valence-electron chi connectivity index (χ0n) is 12.3. The van der Waals surface area contributed by atoms with E-state index in [2.05, 4.69) is 52.4 Å². The van der Waals surface area contributed by atoms with Crippen LogP contribution in [0.1, 0.15) is 44.2 Å². The molecule has 3 heteroatoms. The number of unbranched alkanes of at least 4 members (excludes halogenated alkanes) is 2. The molecule has 21 heavy (non-hydrogen) atoms. The number of hydrogen-bond acceptors (Lipinski definition) is 1. The normalized spacial score (nSPS) is 12.1. The van der Waals surface area contributed by atoms with Crippen LogP contribution in [0.15, 0.2) is 53.0 Å². The molecule has 0 aliphatic rings. The molecular formula is C18H21BrFN. The number of nitrogens with one attached hydrogen (secondary N) is 1. The van der Waals surface area contributed by atoms with Crippen LogP contribution in [0.2, 0.25) is 0 Å². The summed E-state index contributed by atoms with van der Waals surface area (Å²) in [5.74, 6) is -0.227. The molecule has 2 rings (SSSR count). The van der Waals surface area contributed by atoms with Crippen LogP contribution in [-0.2, 0) is 0 Å². The van der Waals surface area contributed by atoms with Gasteiger partial charge in [0, 0.05) is 10.2 Å². The minimum absolute atomic E-state index is 0.227. The number of benzene rings is 2. The van der Waals surface area contributed by atoms with Gasteiger partial charge in [0.25, 0.3) is 0 Å². The zero-order chi connectivity index (χ0) is 15.1. The first-order valence-corrected chi connectivity index (χ1v) is 8.26. The summed E-state index contributed by atoms with van der Waals surface area (Å²) in [6.07, 6.45) is 4.70. The lowest BCUT2D eigenvalue weighted by Gasteiger charge is -2.21. The van der Waals surface area contributed by atoms with E-state index in [0.29, 0.717) is 0 Å². The molecule has 0 amide bonds. The molecule has 0 radical (unpaired) electrons. The quantitative estimate of drug-likeness (QED) is 0.576. The van der Waals surface area contributed by atoms with Crippen LogP contribution in [0, 0.1) is 5.82 Å².